The zero-order chi connectivity index (χ0) is 11.0. The van der Waals surface area contributed by atoms with E-state index >= 15 is 0 Å². The monoisotopic (exact) mass is 276 g/mol. The molecule has 0 spiro atoms. The molecule has 4 nitrogen and oxygen atoms in total. The molecule has 1 aliphatic rings. The van der Waals surface area contributed by atoms with Gasteiger partial charge in [0.2, 0.25) is 0 Å². The van der Waals surface area contributed by atoms with Gasteiger partial charge < -0.3 is 0 Å². The summed E-state index contributed by atoms with van der Waals surface area (Å²) in [7, 11) is 0. The number of aromatic nitrogens is 4. The Kier molecular flexibility index (Phi) is 2.40. The van der Waals surface area contributed by atoms with Crippen molar-refractivity contribution in [2.45, 2.75) is 18.8 Å². The quantitative estimate of drug-likeness (QED) is 0.846. The van der Waals surface area contributed by atoms with E-state index in [4.69, 9.17) is 0 Å². The van der Waals surface area contributed by atoms with Crippen molar-refractivity contribution < 1.29 is 0 Å². The van der Waals surface area contributed by atoms with Crippen molar-refractivity contribution >= 4 is 15.9 Å². The molecule has 16 heavy (non-hydrogen) atoms. The predicted molar refractivity (Wildman–Crippen MR) is 62.7 cm³/mol. The molecule has 5 heteroatoms. The Labute approximate surface area is 101 Å². The molecule has 0 unspecified atom stereocenters. The van der Waals surface area contributed by atoms with Crippen molar-refractivity contribution in [3.8, 4) is 11.3 Å². The van der Waals surface area contributed by atoms with E-state index in [0.717, 1.165) is 21.7 Å². The van der Waals surface area contributed by atoms with Gasteiger partial charge in [0.25, 0.3) is 0 Å². The maximum absolute atomic E-state index is 4.35. The minimum Gasteiger partial charge on any atom is -0.240 e. The first-order valence-electron chi connectivity index (χ1n) is 5.14. The van der Waals surface area contributed by atoms with Gasteiger partial charge in [0.05, 0.1) is 5.69 Å². The van der Waals surface area contributed by atoms with Crippen LogP contribution in [-0.4, -0.2) is 20.2 Å². The fourth-order valence-electron chi connectivity index (χ4n) is 1.49. The molecule has 0 aromatic carbocycles. The highest BCUT2D eigenvalue weighted by atomic mass is 79.9. The van der Waals surface area contributed by atoms with Crippen LogP contribution < -0.4 is 0 Å². The molecule has 2 aromatic heterocycles. The van der Waals surface area contributed by atoms with Gasteiger partial charge >= 0.3 is 0 Å². The van der Waals surface area contributed by atoms with E-state index in [1.165, 1.54) is 12.8 Å². The lowest BCUT2D eigenvalue weighted by Gasteiger charge is -2.00. The average molecular weight is 277 g/mol. The minimum atomic E-state index is 0.588. The molecule has 1 fully saturated rings. The van der Waals surface area contributed by atoms with Crippen molar-refractivity contribution in [3.63, 3.8) is 0 Å². The fraction of sp³-hybridized carbons (Fsp3) is 0.273. The molecule has 1 saturated carbocycles. The third-order valence-electron chi connectivity index (χ3n) is 2.54. The summed E-state index contributed by atoms with van der Waals surface area (Å²) < 4.78 is 0.728. The van der Waals surface area contributed by atoms with Gasteiger partial charge in [-0.05, 0) is 40.9 Å². The summed E-state index contributed by atoms with van der Waals surface area (Å²) in [6.45, 7) is 0. The molecule has 2 heterocycles. The van der Waals surface area contributed by atoms with Crippen LogP contribution in [0.4, 0.5) is 0 Å². The molecule has 0 atom stereocenters. The van der Waals surface area contributed by atoms with Crippen molar-refractivity contribution in [1.29, 1.82) is 0 Å². The van der Waals surface area contributed by atoms with Gasteiger partial charge in [0, 0.05) is 23.9 Å². The van der Waals surface area contributed by atoms with Crippen LogP contribution in [0.15, 0.2) is 29.1 Å². The standard InChI is InChI=1S/C11H9BrN4/c12-10-4-3-9(15-16-10)8-5-13-11(14-6-8)7-1-2-7/h3-7H,1-2H2. The predicted octanol–water partition coefficient (Wildman–Crippen LogP) is 2.57. The van der Waals surface area contributed by atoms with Crippen molar-refractivity contribution in [2.24, 2.45) is 0 Å². The van der Waals surface area contributed by atoms with E-state index in [1.54, 1.807) is 0 Å². The lowest BCUT2D eigenvalue weighted by Crippen LogP contribution is -1.94. The summed E-state index contributed by atoms with van der Waals surface area (Å²) in [6.07, 6.45) is 6.08. The van der Waals surface area contributed by atoms with Crippen molar-refractivity contribution in [3.05, 3.63) is 35.0 Å². The maximum Gasteiger partial charge on any atom is 0.131 e. The zero-order valence-electron chi connectivity index (χ0n) is 8.47. The van der Waals surface area contributed by atoms with Crippen LogP contribution in [0, 0.1) is 0 Å². The van der Waals surface area contributed by atoms with Crippen LogP contribution in [0.3, 0.4) is 0 Å². The van der Waals surface area contributed by atoms with E-state index in [0.29, 0.717) is 5.92 Å². The molecule has 1 aliphatic carbocycles. The topological polar surface area (TPSA) is 51.6 Å². The van der Waals surface area contributed by atoms with E-state index < -0.39 is 0 Å². The molecule has 0 aliphatic heterocycles. The SMILES string of the molecule is Brc1ccc(-c2cnc(C3CC3)nc2)nn1. The Morgan fingerprint density at radius 1 is 1.06 bits per heavy atom. The highest BCUT2D eigenvalue weighted by Gasteiger charge is 2.26. The highest BCUT2D eigenvalue weighted by Crippen LogP contribution is 2.37. The van der Waals surface area contributed by atoms with Gasteiger partial charge in [0.15, 0.2) is 0 Å². The minimum absolute atomic E-state index is 0.588. The van der Waals surface area contributed by atoms with E-state index in [-0.39, 0.29) is 0 Å². The first-order chi connectivity index (χ1) is 7.83. The molecule has 0 amide bonds. The number of halogens is 1. The van der Waals surface area contributed by atoms with Gasteiger partial charge in [-0.2, -0.15) is 0 Å². The lowest BCUT2D eigenvalue weighted by molar-refractivity contribution is 0.923. The summed E-state index contributed by atoms with van der Waals surface area (Å²) >= 11 is 3.25. The Morgan fingerprint density at radius 2 is 1.81 bits per heavy atom. The van der Waals surface area contributed by atoms with E-state index in [2.05, 4.69) is 36.1 Å². The van der Waals surface area contributed by atoms with Crippen LogP contribution in [-0.2, 0) is 0 Å². The smallest absolute Gasteiger partial charge is 0.131 e. The van der Waals surface area contributed by atoms with Gasteiger partial charge in [0.1, 0.15) is 10.4 Å². The summed E-state index contributed by atoms with van der Waals surface area (Å²) in [6, 6.07) is 3.75. The third-order valence-corrected chi connectivity index (χ3v) is 2.97. The average Bonchev–Trinajstić information content (AvgIpc) is 3.14. The Hall–Kier alpha value is -1.36. The second-order valence-electron chi connectivity index (χ2n) is 3.85. The maximum atomic E-state index is 4.35. The number of nitrogens with zero attached hydrogens (tertiary/aromatic N) is 4. The van der Waals surface area contributed by atoms with Gasteiger partial charge in [-0.3, -0.25) is 0 Å². The Balaban J connectivity index is 1.91. The Morgan fingerprint density at radius 3 is 2.38 bits per heavy atom. The number of hydrogen-bond donors (Lipinski definition) is 0. The van der Waals surface area contributed by atoms with Crippen molar-refractivity contribution in [2.75, 3.05) is 0 Å². The first-order valence-corrected chi connectivity index (χ1v) is 5.94. The van der Waals surface area contributed by atoms with Gasteiger partial charge in [-0.1, -0.05) is 0 Å². The highest BCUT2D eigenvalue weighted by molar-refractivity contribution is 9.10. The van der Waals surface area contributed by atoms with Crippen LogP contribution in [0.25, 0.3) is 11.3 Å². The van der Waals surface area contributed by atoms with E-state index in [9.17, 15) is 0 Å². The normalized spacial score (nSPS) is 15.1. The molecule has 2 aromatic rings. The number of hydrogen-bond acceptors (Lipinski definition) is 4. The summed E-state index contributed by atoms with van der Waals surface area (Å²) in [5.41, 5.74) is 1.70. The van der Waals surface area contributed by atoms with Crippen LogP contribution in [0.1, 0.15) is 24.6 Å². The van der Waals surface area contributed by atoms with Crippen LogP contribution >= 0.6 is 15.9 Å². The number of rotatable bonds is 2. The molecule has 0 saturated heterocycles. The molecule has 3 rings (SSSR count). The van der Waals surface area contributed by atoms with Crippen molar-refractivity contribution in [1.82, 2.24) is 20.2 Å². The first kappa shape index (κ1) is 9.84. The van der Waals surface area contributed by atoms with E-state index in [1.807, 2.05) is 24.5 Å². The lowest BCUT2D eigenvalue weighted by atomic mass is 10.2. The third kappa shape index (κ3) is 1.95. The Bertz CT molecular complexity index is 490. The largest absolute Gasteiger partial charge is 0.240 e. The summed E-state index contributed by atoms with van der Waals surface area (Å²) in [4.78, 5) is 8.70. The van der Waals surface area contributed by atoms with Gasteiger partial charge in [-0.25, -0.2) is 9.97 Å². The molecular formula is C11H9BrN4. The second-order valence-corrected chi connectivity index (χ2v) is 4.66. The zero-order valence-corrected chi connectivity index (χ0v) is 10.1. The molecule has 0 radical (unpaired) electrons. The van der Waals surface area contributed by atoms with Crippen LogP contribution in [0.2, 0.25) is 0 Å². The van der Waals surface area contributed by atoms with Crippen LogP contribution in [0.5, 0.6) is 0 Å². The molecule has 0 bridgehead atoms. The molecular weight excluding hydrogens is 268 g/mol. The second kappa shape index (κ2) is 3.90. The fourth-order valence-corrected chi connectivity index (χ4v) is 1.70. The van der Waals surface area contributed by atoms with Gasteiger partial charge in [-0.15, -0.1) is 10.2 Å². The molecule has 0 N–H and O–H groups in total. The molecule has 80 valence electrons. The summed E-state index contributed by atoms with van der Waals surface area (Å²) in [5, 5.41) is 8.00. The summed E-state index contributed by atoms with van der Waals surface area (Å²) in [5.74, 6) is 1.54.